The molecular formula is C23H42N2O15. The Morgan fingerprint density at radius 2 is 1.40 bits per heavy atom. The first-order valence-electron chi connectivity index (χ1n) is 12.9. The van der Waals surface area contributed by atoms with E-state index in [2.05, 4.69) is 10.6 Å². The highest BCUT2D eigenvalue weighted by atomic mass is 16.7. The summed E-state index contributed by atoms with van der Waals surface area (Å²) in [6.07, 6.45) is -22.2. The highest BCUT2D eigenvalue weighted by molar-refractivity contribution is 5.87. The molecule has 0 aromatic heterocycles. The fourth-order valence-corrected chi connectivity index (χ4v) is 4.33. The summed E-state index contributed by atoms with van der Waals surface area (Å²) in [5, 5.41) is 96.5. The lowest BCUT2D eigenvalue weighted by Gasteiger charge is -2.45. The average Bonchev–Trinajstić information content (AvgIpc) is 2.93. The highest BCUT2D eigenvalue weighted by Gasteiger charge is 2.51. The number of carbonyl (C=O) groups excluding carboxylic acids is 2. The van der Waals surface area contributed by atoms with Crippen LogP contribution in [0.3, 0.4) is 0 Å². The van der Waals surface area contributed by atoms with E-state index >= 15 is 0 Å². The molecule has 40 heavy (non-hydrogen) atoms. The van der Waals surface area contributed by atoms with Crippen LogP contribution in [0.25, 0.3) is 0 Å². The highest BCUT2D eigenvalue weighted by Crippen LogP contribution is 2.29. The molecule has 2 heterocycles. The lowest BCUT2D eigenvalue weighted by atomic mass is 9.96. The number of aliphatic hydroxyl groups is 9. The van der Waals surface area contributed by atoms with Crippen LogP contribution < -0.4 is 10.6 Å². The van der Waals surface area contributed by atoms with Crippen LogP contribution in [0.5, 0.6) is 0 Å². The minimum atomic E-state index is -1.96. The number of amides is 2. The Balaban J connectivity index is 2.54. The molecule has 234 valence electrons. The van der Waals surface area contributed by atoms with Crippen LogP contribution in [0.2, 0.25) is 0 Å². The lowest BCUT2D eigenvalue weighted by molar-refractivity contribution is -0.346. The largest absolute Gasteiger partial charge is 0.394 e. The van der Waals surface area contributed by atoms with E-state index in [4.69, 9.17) is 18.9 Å². The standard InChI is InChI=1S/C23H42N2O15/c1-4-5-24-21(36)12(25-9(3)28)20(40-22-17(34)15(32)13(30)8(2)37-22)19(10(29)6-26)39-23-18(35)16(33)14(31)11(7-27)38-23/h8,10-20,22-23,26-27,29-35H,4-7H2,1-3H3,(H,24,36)(H,25,28)/t8-,10+,11+,12+,13+,14-,15+,16-,17-,18+,19+,20+,22-,23-/m0/s1. The third-order valence-corrected chi connectivity index (χ3v) is 6.65. The van der Waals surface area contributed by atoms with Crippen molar-refractivity contribution in [3.63, 3.8) is 0 Å². The predicted molar refractivity (Wildman–Crippen MR) is 130 cm³/mol. The minimum Gasteiger partial charge on any atom is -0.394 e. The van der Waals surface area contributed by atoms with Crippen molar-refractivity contribution in [2.24, 2.45) is 0 Å². The zero-order chi connectivity index (χ0) is 30.3. The van der Waals surface area contributed by atoms with Gasteiger partial charge in [0.05, 0.1) is 19.3 Å². The fourth-order valence-electron chi connectivity index (χ4n) is 4.33. The molecule has 0 spiro atoms. The SMILES string of the molecule is CCCNC(=O)[C@H](NC(C)=O)[C@@H](O[C@@H]1O[C@@H](C)[C@@H](O)[C@@H](O)[C@@H]1O)[C@H](O[C@@H]1O[C@H](CO)[C@H](O)[C@H](O)[C@H]1O)[C@H](O)CO. The quantitative estimate of drug-likeness (QED) is 0.0957. The van der Waals surface area contributed by atoms with Crippen LogP contribution in [-0.4, -0.2) is 163 Å². The van der Waals surface area contributed by atoms with Crippen LogP contribution in [0, 0.1) is 0 Å². The molecular weight excluding hydrogens is 544 g/mol. The van der Waals surface area contributed by atoms with Crippen LogP contribution in [0.15, 0.2) is 0 Å². The molecule has 2 amide bonds. The number of rotatable bonds is 13. The van der Waals surface area contributed by atoms with Crippen LogP contribution >= 0.6 is 0 Å². The summed E-state index contributed by atoms with van der Waals surface area (Å²) >= 11 is 0. The second kappa shape index (κ2) is 15.6. The molecule has 14 atom stereocenters. The molecule has 2 saturated heterocycles. The monoisotopic (exact) mass is 586 g/mol. The van der Waals surface area contributed by atoms with Crippen molar-refractivity contribution in [1.82, 2.24) is 10.6 Å². The van der Waals surface area contributed by atoms with Gasteiger partial charge in [-0.15, -0.1) is 0 Å². The molecule has 2 aliphatic rings. The molecule has 0 radical (unpaired) electrons. The van der Waals surface area contributed by atoms with Gasteiger partial charge in [-0.05, 0) is 13.3 Å². The number of hydrogen-bond acceptors (Lipinski definition) is 15. The Bertz CT molecular complexity index is 806. The summed E-state index contributed by atoms with van der Waals surface area (Å²) < 4.78 is 22.3. The molecule has 2 aliphatic heterocycles. The number of carbonyl (C=O) groups is 2. The second-order valence-electron chi connectivity index (χ2n) is 9.80. The van der Waals surface area contributed by atoms with E-state index < -0.39 is 111 Å². The van der Waals surface area contributed by atoms with Crippen molar-refractivity contribution < 1.29 is 74.5 Å². The van der Waals surface area contributed by atoms with Gasteiger partial charge < -0.3 is 75.5 Å². The van der Waals surface area contributed by atoms with Crippen molar-refractivity contribution >= 4 is 11.8 Å². The van der Waals surface area contributed by atoms with Crippen molar-refractivity contribution in [2.45, 2.75) is 113 Å². The van der Waals surface area contributed by atoms with E-state index in [1.54, 1.807) is 6.92 Å². The first-order valence-corrected chi connectivity index (χ1v) is 12.9. The summed E-state index contributed by atoms with van der Waals surface area (Å²) in [5.74, 6) is -1.60. The summed E-state index contributed by atoms with van der Waals surface area (Å²) in [4.78, 5) is 25.3. The van der Waals surface area contributed by atoms with Crippen molar-refractivity contribution in [2.75, 3.05) is 19.8 Å². The molecule has 0 aromatic rings. The summed E-state index contributed by atoms with van der Waals surface area (Å²) in [6, 6.07) is -1.71. The average molecular weight is 587 g/mol. The van der Waals surface area contributed by atoms with Gasteiger partial charge >= 0.3 is 0 Å². The maximum absolute atomic E-state index is 13.2. The van der Waals surface area contributed by atoms with Gasteiger partial charge in [-0.1, -0.05) is 6.92 Å². The zero-order valence-electron chi connectivity index (χ0n) is 22.4. The molecule has 2 fully saturated rings. The van der Waals surface area contributed by atoms with Gasteiger partial charge in [0.1, 0.15) is 67.1 Å². The topological polar surface area (TPSA) is 277 Å². The smallest absolute Gasteiger partial charge is 0.245 e. The maximum Gasteiger partial charge on any atom is 0.245 e. The van der Waals surface area contributed by atoms with Gasteiger partial charge in [0.2, 0.25) is 11.8 Å². The summed E-state index contributed by atoms with van der Waals surface area (Å²) in [5.41, 5.74) is 0. The number of aliphatic hydroxyl groups excluding tert-OH is 9. The van der Waals surface area contributed by atoms with Crippen molar-refractivity contribution in [1.29, 1.82) is 0 Å². The molecule has 0 unspecified atom stereocenters. The van der Waals surface area contributed by atoms with E-state index in [1.165, 1.54) is 6.92 Å². The Morgan fingerprint density at radius 3 is 1.93 bits per heavy atom. The Hall–Kier alpha value is -1.58. The van der Waals surface area contributed by atoms with Gasteiger partial charge in [0.25, 0.3) is 0 Å². The molecule has 0 aromatic carbocycles. The zero-order valence-corrected chi connectivity index (χ0v) is 22.4. The Kier molecular flexibility index (Phi) is 13.5. The van der Waals surface area contributed by atoms with Crippen LogP contribution in [-0.2, 0) is 28.5 Å². The summed E-state index contributed by atoms with van der Waals surface area (Å²) in [6.45, 7) is 2.48. The molecule has 17 nitrogen and oxygen atoms in total. The van der Waals surface area contributed by atoms with E-state index in [-0.39, 0.29) is 6.54 Å². The van der Waals surface area contributed by atoms with Crippen LogP contribution in [0.1, 0.15) is 27.2 Å². The van der Waals surface area contributed by atoms with Gasteiger partial charge in [-0.2, -0.15) is 0 Å². The van der Waals surface area contributed by atoms with Gasteiger partial charge in [-0.25, -0.2) is 0 Å². The Morgan fingerprint density at radius 1 is 0.850 bits per heavy atom. The van der Waals surface area contributed by atoms with E-state index in [9.17, 15) is 55.5 Å². The molecule has 0 saturated carbocycles. The van der Waals surface area contributed by atoms with Crippen molar-refractivity contribution in [3.05, 3.63) is 0 Å². The first-order chi connectivity index (χ1) is 18.8. The fraction of sp³-hybridized carbons (Fsp3) is 0.913. The third kappa shape index (κ3) is 8.25. The number of ether oxygens (including phenoxy) is 4. The number of hydrogen-bond donors (Lipinski definition) is 11. The molecule has 17 heteroatoms. The van der Waals surface area contributed by atoms with Gasteiger partial charge in [0, 0.05) is 13.5 Å². The van der Waals surface area contributed by atoms with Gasteiger partial charge in [0.15, 0.2) is 12.6 Å². The normalized spacial score (nSPS) is 37.7. The molecule has 11 N–H and O–H groups in total. The maximum atomic E-state index is 13.2. The van der Waals surface area contributed by atoms with E-state index in [1.807, 2.05) is 0 Å². The van der Waals surface area contributed by atoms with E-state index in [0.717, 1.165) is 6.92 Å². The molecule has 2 rings (SSSR count). The number of nitrogens with one attached hydrogen (secondary N) is 2. The predicted octanol–water partition coefficient (Wildman–Crippen LogP) is -6.23. The molecule has 0 bridgehead atoms. The molecule has 0 aliphatic carbocycles. The van der Waals surface area contributed by atoms with E-state index in [0.29, 0.717) is 6.42 Å². The second-order valence-corrected chi connectivity index (χ2v) is 9.80. The Labute approximate surface area is 230 Å². The lowest BCUT2D eigenvalue weighted by Crippen LogP contribution is -2.66. The minimum absolute atomic E-state index is 0.146. The van der Waals surface area contributed by atoms with Crippen LogP contribution in [0.4, 0.5) is 0 Å². The van der Waals surface area contributed by atoms with Gasteiger partial charge in [-0.3, -0.25) is 9.59 Å². The first kappa shape index (κ1) is 34.6. The summed E-state index contributed by atoms with van der Waals surface area (Å²) in [7, 11) is 0. The third-order valence-electron chi connectivity index (χ3n) is 6.65. The van der Waals surface area contributed by atoms with Crippen molar-refractivity contribution in [3.8, 4) is 0 Å².